The van der Waals surface area contributed by atoms with Crippen molar-refractivity contribution in [3.8, 4) is 0 Å². The van der Waals surface area contributed by atoms with Crippen molar-refractivity contribution in [2.45, 2.75) is 33.2 Å². The molecular weight excluding hydrogens is 314 g/mol. The molecular formula is C21H25NO3. The molecule has 0 aliphatic heterocycles. The van der Waals surface area contributed by atoms with Gasteiger partial charge in [-0.25, -0.2) is 0 Å². The van der Waals surface area contributed by atoms with Crippen LogP contribution in [0, 0.1) is 6.92 Å². The average Bonchev–Trinajstić information content (AvgIpc) is 2.63. The Morgan fingerprint density at radius 2 is 1.68 bits per heavy atom. The van der Waals surface area contributed by atoms with Gasteiger partial charge in [0, 0.05) is 12.1 Å². The van der Waals surface area contributed by atoms with E-state index in [1.807, 2.05) is 68.4 Å². The lowest BCUT2D eigenvalue weighted by Gasteiger charge is -2.30. The molecule has 0 saturated carbocycles. The summed E-state index contributed by atoms with van der Waals surface area (Å²) in [6.07, 6.45) is 0.183. The zero-order chi connectivity index (χ0) is 18.2. The van der Waals surface area contributed by atoms with Crippen molar-refractivity contribution < 1.29 is 14.3 Å². The molecule has 0 aliphatic rings. The zero-order valence-electron chi connectivity index (χ0n) is 15.1. The first kappa shape index (κ1) is 18.7. The van der Waals surface area contributed by atoms with Gasteiger partial charge < -0.3 is 9.64 Å². The summed E-state index contributed by atoms with van der Waals surface area (Å²) in [5.74, 6) is -0.357. The Bertz CT molecular complexity index is 712. The number of esters is 1. The van der Waals surface area contributed by atoms with Crippen molar-refractivity contribution in [1.29, 1.82) is 0 Å². The van der Waals surface area contributed by atoms with E-state index >= 15 is 0 Å². The summed E-state index contributed by atoms with van der Waals surface area (Å²) in [4.78, 5) is 26.6. The molecule has 0 saturated heterocycles. The molecule has 2 rings (SSSR count). The molecule has 0 aliphatic carbocycles. The molecule has 0 N–H and O–H groups in total. The van der Waals surface area contributed by atoms with Crippen LogP contribution < -0.4 is 0 Å². The van der Waals surface area contributed by atoms with Gasteiger partial charge in [0.15, 0.2) is 0 Å². The minimum atomic E-state index is -0.287. The molecule has 2 aromatic carbocycles. The molecule has 2 aromatic rings. The maximum atomic E-state index is 13.1. The van der Waals surface area contributed by atoms with Crippen LogP contribution in [0.1, 0.15) is 47.8 Å². The fourth-order valence-electron chi connectivity index (χ4n) is 2.80. The number of rotatable bonds is 7. The predicted octanol–water partition coefficient (Wildman–Crippen LogP) is 4.15. The number of aryl methyl sites for hydroxylation is 1. The van der Waals surface area contributed by atoms with Gasteiger partial charge in [0.2, 0.25) is 0 Å². The Kier molecular flexibility index (Phi) is 6.75. The lowest BCUT2D eigenvalue weighted by Crippen LogP contribution is -2.36. The number of nitrogens with zero attached hydrogens (tertiary/aromatic N) is 1. The van der Waals surface area contributed by atoms with Crippen molar-refractivity contribution in [1.82, 2.24) is 4.90 Å². The second kappa shape index (κ2) is 9.02. The van der Waals surface area contributed by atoms with Crippen LogP contribution in [-0.4, -0.2) is 29.9 Å². The van der Waals surface area contributed by atoms with Gasteiger partial charge in [-0.2, -0.15) is 0 Å². The Morgan fingerprint density at radius 3 is 2.32 bits per heavy atom. The van der Waals surface area contributed by atoms with Crippen LogP contribution in [0.2, 0.25) is 0 Å². The lowest BCUT2D eigenvalue weighted by atomic mass is 10.0. The van der Waals surface area contributed by atoms with E-state index in [1.165, 1.54) is 0 Å². The van der Waals surface area contributed by atoms with E-state index in [4.69, 9.17) is 4.74 Å². The van der Waals surface area contributed by atoms with E-state index in [-0.39, 0.29) is 24.3 Å². The number of carbonyl (C=O) groups excluding carboxylic acids is 2. The van der Waals surface area contributed by atoms with E-state index in [2.05, 4.69) is 0 Å². The van der Waals surface area contributed by atoms with Gasteiger partial charge in [0.05, 0.1) is 19.1 Å². The maximum Gasteiger partial charge on any atom is 0.307 e. The molecule has 25 heavy (non-hydrogen) atoms. The minimum absolute atomic E-state index is 0.0706. The minimum Gasteiger partial charge on any atom is -0.466 e. The highest BCUT2D eigenvalue weighted by atomic mass is 16.5. The van der Waals surface area contributed by atoms with Gasteiger partial charge in [-0.3, -0.25) is 9.59 Å². The van der Waals surface area contributed by atoms with Gasteiger partial charge in [0.1, 0.15) is 0 Å². The fourth-order valence-corrected chi connectivity index (χ4v) is 2.80. The smallest absolute Gasteiger partial charge is 0.307 e. The standard InChI is InChI=1S/C21H25NO3/c1-4-25-20(23)14-15-22(17(3)18-11-6-5-7-12-18)21(24)19-13-9-8-10-16(19)2/h5-13,17H,4,14-15H2,1-3H3. The topological polar surface area (TPSA) is 46.6 Å². The van der Waals surface area contributed by atoms with Crippen molar-refractivity contribution >= 4 is 11.9 Å². The highest BCUT2D eigenvalue weighted by molar-refractivity contribution is 5.96. The normalized spacial score (nSPS) is 11.6. The molecule has 1 unspecified atom stereocenters. The first-order chi connectivity index (χ1) is 12.0. The van der Waals surface area contributed by atoms with E-state index in [0.29, 0.717) is 18.7 Å². The van der Waals surface area contributed by atoms with Crippen LogP contribution >= 0.6 is 0 Å². The quantitative estimate of drug-likeness (QED) is 0.712. The third-order valence-corrected chi connectivity index (χ3v) is 4.25. The number of hydrogen-bond donors (Lipinski definition) is 0. The van der Waals surface area contributed by atoms with E-state index in [0.717, 1.165) is 11.1 Å². The molecule has 1 atom stereocenters. The highest BCUT2D eigenvalue weighted by Gasteiger charge is 2.24. The summed E-state index contributed by atoms with van der Waals surface area (Å²) >= 11 is 0. The number of benzene rings is 2. The van der Waals surface area contributed by atoms with Gasteiger partial charge in [-0.1, -0.05) is 48.5 Å². The van der Waals surface area contributed by atoms with Gasteiger partial charge >= 0.3 is 5.97 Å². The Hall–Kier alpha value is -2.62. The summed E-state index contributed by atoms with van der Waals surface area (Å²) in [5, 5.41) is 0. The summed E-state index contributed by atoms with van der Waals surface area (Å²) in [6.45, 7) is 6.35. The molecule has 0 fully saturated rings. The van der Waals surface area contributed by atoms with Crippen molar-refractivity contribution in [2.75, 3.05) is 13.2 Å². The number of hydrogen-bond acceptors (Lipinski definition) is 3. The number of carbonyl (C=O) groups is 2. The highest BCUT2D eigenvalue weighted by Crippen LogP contribution is 2.23. The summed E-state index contributed by atoms with van der Waals surface area (Å²) in [5.41, 5.74) is 2.62. The van der Waals surface area contributed by atoms with Crippen LogP contribution in [0.25, 0.3) is 0 Å². The summed E-state index contributed by atoms with van der Waals surface area (Å²) < 4.78 is 5.01. The first-order valence-corrected chi connectivity index (χ1v) is 8.61. The van der Waals surface area contributed by atoms with Gasteiger partial charge in [0.25, 0.3) is 5.91 Å². The molecule has 4 nitrogen and oxygen atoms in total. The van der Waals surface area contributed by atoms with E-state index in [9.17, 15) is 9.59 Å². The van der Waals surface area contributed by atoms with Crippen molar-refractivity contribution in [2.24, 2.45) is 0 Å². The number of amides is 1. The van der Waals surface area contributed by atoms with Gasteiger partial charge in [-0.15, -0.1) is 0 Å². The molecule has 1 amide bonds. The molecule has 0 aromatic heterocycles. The SMILES string of the molecule is CCOC(=O)CCN(C(=O)c1ccccc1C)C(C)c1ccccc1. The van der Waals surface area contributed by atoms with Crippen molar-refractivity contribution in [3.05, 3.63) is 71.3 Å². The predicted molar refractivity (Wildman–Crippen MR) is 98.3 cm³/mol. The molecule has 4 heteroatoms. The lowest BCUT2D eigenvalue weighted by molar-refractivity contribution is -0.143. The third kappa shape index (κ3) is 4.92. The van der Waals surface area contributed by atoms with Gasteiger partial charge in [-0.05, 0) is 38.0 Å². The molecule has 132 valence electrons. The summed E-state index contributed by atoms with van der Waals surface area (Å²) in [6, 6.07) is 17.2. The number of ether oxygens (including phenoxy) is 1. The average molecular weight is 339 g/mol. The molecule has 0 spiro atoms. The van der Waals surface area contributed by atoms with Crippen LogP contribution in [0.5, 0.6) is 0 Å². The molecule has 0 bridgehead atoms. The Labute approximate surface area is 149 Å². The van der Waals surface area contributed by atoms with E-state index < -0.39 is 0 Å². The Morgan fingerprint density at radius 1 is 1.04 bits per heavy atom. The van der Waals surface area contributed by atoms with Crippen molar-refractivity contribution in [3.63, 3.8) is 0 Å². The van der Waals surface area contributed by atoms with Crippen LogP contribution in [-0.2, 0) is 9.53 Å². The second-order valence-corrected chi connectivity index (χ2v) is 5.96. The fraction of sp³-hybridized carbons (Fsp3) is 0.333. The third-order valence-electron chi connectivity index (χ3n) is 4.25. The largest absolute Gasteiger partial charge is 0.466 e. The van der Waals surface area contributed by atoms with Crippen LogP contribution in [0.15, 0.2) is 54.6 Å². The molecule has 0 radical (unpaired) electrons. The second-order valence-electron chi connectivity index (χ2n) is 5.96. The summed E-state index contributed by atoms with van der Waals surface area (Å²) in [7, 11) is 0. The molecule has 0 heterocycles. The van der Waals surface area contributed by atoms with Crippen LogP contribution in [0.3, 0.4) is 0 Å². The zero-order valence-corrected chi connectivity index (χ0v) is 15.1. The Balaban J connectivity index is 2.26. The maximum absolute atomic E-state index is 13.1. The van der Waals surface area contributed by atoms with Crippen LogP contribution in [0.4, 0.5) is 0 Å². The monoisotopic (exact) mass is 339 g/mol. The van der Waals surface area contributed by atoms with E-state index in [1.54, 1.807) is 11.8 Å². The first-order valence-electron chi connectivity index (χ1n) is 8.61.